The van der Waals surface area contributed by atoms with E-state index in [0.29, 0.717) is 22.5 Å². The molecule has 32 heavy (non-hydrogen) atoms. The van der Waals surface area contributed by atoms with E-state index in [1.165, 1.54) is 0 Å². The van der Waals surface area contributed by atoms with Gasteiger partial charge < -0.3 is 15.3 Å². The van der Waals surface area contributed by atoms with E-state index in [0.717, 1.165) is 69.5 Å². The van der Waals surface area contributed by atoms with E-state index in [-0.39, 0.29) is 17.2 Å². The zero-order valence-corrected chi connectivity index (χ0v) is 20.2. The number of piperidine rings is 1. The lowest BCUT2D eigenvalue weighted by Gasteiger charge is -2.41. The molecule has 0 atom stereocenters. The van der Waals surface area contributed by atoms with Crippen LogP contribution >= 0.6 is 11.6 Å². The Morgan fingerprint density at radius 1 is 1.19 bits per heavy atom. The van der Waals surface area contributed by atoms with Crippen LogP contribution in [0.15, 0.2) is 29.1 Å². The molecule has 1 aliphatic carbocycles. The molecule has 0 bridgehead atoms. The Balaban J connectivity index is 1.41. The van der Waals surface area contributed by atoms with Crippen LogP contribution in [0.5, 0.6) is 0 Å². The maximum Gasteiger partial charge on any atom is 0.260 e. The van der Waals surface area contributed by atoms with Gasteiger partial charge in [0, 0.05) is 24.7 Å². The predicted octanol–water partition coefficient (Wildman–Crippen LogP) is 4.00. The smallest absolute Gasteiger partial charge is 0.260 e. The first kappa shape index (κ1) is 23.3. The van der Waals surface area contributed by atoms with Gasteiger partial charge in [-0.2, -0.15) is 0 Å². The van der Waals surface area contributed by atoms with Crippen LogP contribution in [-0.4, -0.2) is 45.9 Å². The molecule has 6 nitrogen and oxygen atoms in total. The lowest BCUT2D eigenvalue weighted by molar-refractivity contribution is 0.105. The minimum Gasteiger partial charge on any atom is -0.393 e. The van der Waals surface area contributed by atoms with Crippen molar-refractivity contribution in [3.8, 4) is 5.69 Å². The molecule has 1 aromatic heterocycles. The Labute approximate surface area is 195 Å². The Hall–Kier alpha value is -1.89. The zero-order valence-electron chi connectivity index (χ0n) is 19.4. The van der Waals surface area contributed by atoms with E-state index in [9.17, 15) is 9.90 Å². The van der Waals surface area contributed by atoms with Crippen LogP contribution in [0.4, 0.5) is 5.82 Å². The fourth-order valence-electron chi connectivity index (χ4n) is 4.99. The molecule has 1 saturated carbocycles. The summed E-state index contributed by atoms with van der Waals surface area (Å²) in [6, 6.07) is 7.33. The molecule has 2 fully saturated rings. The second kappa shape index (κ2) is 9.54. The quantitative estimate of drug-likeness (QED) is 0.708. The highest BCUT2D eigenvalue weighted by molar-refractivity contribution is 6.33. The summed E-state index contributed by atoms with van der Waals surface area (Å²) in [5.41, 5.74) is 1.61. The minimum absolute atomic E-state index is 0.0987. The second-order valence-electron chi connectivity index (χ2n) is 9.85. The number of aliphatic hydroxyl groups is 1. The van der Waals surface area contributed by atoms with Crippen LogP contribution in [0.25, 0.3) is 5.69 Å². The summed E-state index contributed by atoms with van der Waals surface area (Å²) < 4.78 is 1.59. The molecular formula is C25H35ClN4O2. The number of aromatic nitrogens is 2. The van der Waals surface area contributed by atoms with Crippen molar-refractivity contribution in [1.82, 2.24) is 14.9 Å². The molecule has 0 radical (unpaired) electrons. The molecule has 0 amide bonds. The fraction of sp³-hybridized carbons (Fsp3) is 0.600. The molecule has 2 N–H and O–H groups in total. The maximum absolute atomic E-state index is 13.0. The molecule has 7 heteroatoms. The van der Waals surface area contributed by atoms with Crippen LogP contribution in [-0.2, 0) is 0 Å². The molecule has 1 aliphatic heterocycles. The first-order chi connectivity index (χ1) is 15.3. The average molecular weight is 459 g/mol. The molecule has 0 spiro atoms. The molecule has 0 unspecified atom stereocenters. The third kappa shape index (κ3) is 5.03. The van der Waals surface area contributed by atoms with E-state index >= 15 is 0 Å². The van der Waals surface area contributed by atoms with E-state index in [1.807, 2.05) is 32.0 Å². The number of nitrogens with one attached hydrogen (secondary N) is 1. The highest BCUT2D eigenvalue weighted by atomic mass is 35.5. The Kier molecular flexibility index (Phi) is 6.94. The largest absolute Gasteiger partial charge is 0.393 e. The van der Waals surface area contributed by atoms with Crippen molar-refractivity contribution in [2.45, 2.75) is 70.9 Å². The summed E-state index contributed by atoms with van der Waals surface area (Å²) in [4.78, 5) is 20.0. The van der Waals surface area contributed by atoms with Gasteiger partial charge in [-0.05, 0) is 83.4 Å². The number of anilines is 1. The van der Waals surface area contributed by atoms with E-state index in [4.69, 9.17) is 16.6 Å². The van der Waals surface area contributed by atoms with Crippen molar-refractivity contribution in [1.29, 1.82) is 0 Å². The van der Waals surface area contributed by atoms with Crippen LogP contribution in [0.3, 0.4) is 0 Å². The number of hydrogen-bond acceptors (Lipinski definition) is 5. The highest BCUT2D eigenvalue weighted by Gasteiger charge is 2.31. The van der Waals surface area contributed by atoms with Crippen molar-refractivity contribution < 1.29 is 5.11 Å². The normalized spacial score (nSPS) is 23.3. The van der Waals surface area contributed by atoms with E-state index < -0.39 is 0 Å². The first-order valence-corrected chi connectivity index (χ1v) is 12.2. The lowest BCUT2D eigenvalue weighted by atomic mass is 9.85. The van der Waals surface area contributed by atoms with Crippen molar-refractivity contribution in [2.24, 2.45) is 5.92 Å². The van der Waals surface area contributed by atoms with E-state index in [1.54, 1.807) is 10.6 Å². The Morgan fingerprint density at radius 3 is 2.53 bits per heavy atom. The number of hydrogen-bond donors (Lipinski definition) is 2. The predicted molar refractivity (Wildman–Crippen MR) is 130 cm³/mol. The van der Waals surface area contributed by atoms with Gasteiger partial charge in [0.25, 0.3) is 5.56 Å². The third-order valence-corrected chi connectivity index (χ3v) is 7.80. The van der Waals surface area contributed by atoms with Crippen molar-refractivity contribution in [3.63, 3.8) is 0 Å². The summed E-state index contributed by atoms with van der Waals surface area (Å²) in [7, 11) is 0. The zero-order chi connectivity index (χ0) is 22.9. The molecule has 174 valence electrons. The summed E-state index contributed by atoms with van der Waals surface area (Å²) in [6.45, 7) is 8.86. The SMILES string of the molecule is Cc1cccc(-n2c(C)nc(N3CCC(C)(NCC4CCC(O)CC4)CC3)cc2=O)c1Cl. The van der Waals surface area contributed by atoms with Gasteiger partial charge in [-0.25, -0.2) is 4.98 Å². The fourth-order valence-corrected chi connectivity index (χ4v) is 5.20. The molecule has 2 aromatic rings. The Morgan fingerprint density at radius 2 is 1.88 bits per heavy atom. The summed E-state index contributed by atoms with van der Waals surface area (Å²) in [6.07, 6.45) is 6.01. The van der Waals surface area contributed by atoms with Gasteiger partial charge in [0.15, 0.2) is 0 Å². The van der Waals surface area contributed by atoms with E-state index in [2.05, 4.69) is 17.1 Å². The number of rotatable bonds is 5. The molecule has 2 aliphatic rings. The monoisotopic (exact) mass is 458 g/mol. The molecular weight excluding hydrogens is 424 g/mol. The van der Waals surface area contributed by atoms with Gasteiger partial charge in [0.05, 0.1) is 16.8 Å². The lowest BCUT2D eigenvalue weighted by Crippen LogP contribution is -2.53. The number of nitrogens with zero attached hydrogens (tertiary/aromatic N) is 3. The van der Waals surface area contributed by atoms with Gasteiger partial charge in [0.1, 0.15) is 11.6 Å². The average Bonchev–Trinajstić information content (AvgIpc) is 2.76. The van der Waals surface area contributed by atoms with Crippen LogP contribution < -0.4 is 15.8 Å². The Bertz CT molecular complexity index is 1010. The van der Waals surface area contributed by atoms with Crippen molar-refractivity contribution in [2.75, 3.05) is 24.5 Å². The maximum atomic E-state index is 13.0. The molecule has 1 saturated heterocycles. The van der Waals surface area contributed by atoms with Crippen LogP contribution in [0.2, 0.25) is 5.02 Å². The van der Waals surface area contributed by atoms with Crippen LogP contribution in [0, 0.1) is 19.8 Å². The number of aryl methyl sites for hydroxylation is 2. The summed E-state index contributed by atoms with van der Waals surface area (Å²) >= 11 is 6.47. The van der Waals surface area contributed by atoms with Crippen molar-refractivity contribution >= 4 is 17.4 Å². The van der Waals surface area contributed by atoms with Gasteiger partial charge in [-0.1, -0.05) is 23.7 Å². The molecule has 2 heterocycles. The van der Waals surface area contributed by atoms with Gasteiger partial charge in [-0.15, -0.1) is 0 Å². The van der Waals surface area contributed by atoms with Gasteiger partial charge in [0.2, 0.25) is 0 Å². The summed E-state index contributed by atoms with van der Waals surface area (Å²) in [5, 5.41) is 14.1. The first-order valence-electron chi connectivity index (χ1n) is 11.8. The van der Waals surface area contributed by atoms with Gasteiger partial charge >= 0.3 is 0 Å². The topological polar surface area (TPSA) is 70.4 Å². The summed E-state index contributed by atoms with van der Waals surface area (Å²) in [5.74, 6) is 2.06. The van der Waals surface area contributed by atoms with Crippen molar-refractivity contribution in [3.05, 3.63) is 51.0 Å². The number of benzene rings is 1. The molecule has 4 rings (SSSR count). The number of halogens is 1. The van der Waals surface area contributed by atoms with Gasteiger partial charge in [-0.3, -0.25) is 9.36 Å². The number of aliphatic hydroxyl groups excluding tert-OH is 1. The standard InChI is InChI=1S/C25H35ClN4O2/c1-17-5-4-6-21(24(17)26)30-18(2)28-22(15-23(30)32)29-13-11-25(3,12-14-29)27-16-19-7-9-20(31)10-8-19/h4-6,15,19-20,27,31H,7-14,16H2,1-3H3. The highest BCUT2D eigenvalue weighted by Crippen LogP contribution is 2.29. The second-order valence-corrected chi connectivity index (χ2v) is 10.2. The third-order valence-electron chi connectivity index (χ3n) is 7.31. The van der Waals surface area contributed by atoms with Crippen LogP contribution in [0.1, 0.15) is 56.8 Å². The minimum atomic E-state index is -0.106. The molecule has 1 aromatic carbocycles.